The Hall–Kier alpha value is -0.830. The lowest BCUT2D eigenvalue weighted by molar-refractivity contribution is 0.699. The molecule has 1 heterocycles. The fourth-order valence-corrected chi connectivity index (χ4v) is 2.06. The molecule has 1 atom stereocenters. The molecular formula is C11H18N2S. The Balaban J connectivity index is 2.43. The van der Waals surface area contributed by atoms with E-state index in [1.807, 2.05) is 6.20 Å². The molecule has 3 heteroatoms. The van der Waals surface area contributed by atoms with E-state index >= 15 is 0 Å². The molecule has 1 rings (SSSR count). The third kappa shape index (κ3) is 3.50. The van der Waals surface area contributed by atoms with Crippen molar-refractivity contribution in [3.05, 3.63) is 22.7 Å². The number of anilines is 1. The molecule has 0 saturated carbocycles. The van der Waals surface area contributed by atoms with Gasteiger partial charge in [0.1, 0.15) is 0 Å². The molecular weight excluding hydrogens is 192 g/mol. The Kier molecular flexibility index (Phi) is 4.14. The fraction of sp³-hybridized carbons (Fsp3) is 0.545. The van der Waals surface area contributed by atoms with E-state index in [1.54, 1.807) is 11.3 Å². The second kappa shape index (κ2) is 5.15. The van der Waals surface area contributed by atoms with Gasteiger partial charge in [0.25, 0.3) is 0 Å². The number of hydrogen-bond acceptors (Lipinski definition) is 3. The summed E-state index contributed by atoms with van der Waals surface area (Å²) in [5.74, 6) is 0.570. The van der Waals surface area contributed by atoms with Crippen LogP contribution in [0, 0.1) is 0 Å². The van der Waals surface area contributed by atoms with Crippen molar-refractivity contribution in [2.24, 2.45) is 0 Å². The molecule has 78 valence electrons. The Morgan fingerprint density at radius 3 is 2.86 bits per heavy atom. The highest BCUT2D eigenvalue weighted by Crippen LogP contribution is 2.27. The number of aromatic nitrogens is 1. The number of nitrogens with two attached hydrogens (primary N) is 1. The zero-order valence-corrected chi connectivity index (χ0v) is 9.90. The topological polar surface area (TPSA) is 38.9 Å². The highest BCUT2D eigenvalue weighted by Gasteiger charge is 2.07. The molecule has 0 aromatic carbocycles. The van der Waals surface area contributed by atoms with Crippen molar-refractivity contribution in [2.45, 2.75) is 39.5 Å². The number of hydrogen-bond donors (Lipinski definition) is 1. The molecule has 0 fully saturated rings. The third-order valence-electron chi connectivity index (χ3n) is 2.18. The first-order chi connectivity index (χ1) is 6.59. The van der Waals surface area contributed by atoms with Crippen LogP contribution >= 0.6 is 11.3 Å². The Bertz CT molecular complexity index is 311. The summed E-state index contributed by atoms with van der Waals surface area (Å²) in [6.45, 7) is 6.50. The Morgan fingerprint density at radius 1 is 1.64 bits per heavy atom. The number of nitrogen functional groups attached to an aromatic ring is 1. The van der Waals surface area contributed by atoms with Crippen LogP contribution < -0.4 is 5.73 Å². The van der Waals surface area contributed by atoms with Gasteiger partial charge in [-0.25, -0.2) is 4.98 Å². The molecule has 1 aromatic heterocycles. The molecule has 0 saturated heterocycles. The Morgan fingerprint density at radius 2 is 2.36 bits per heavy atom. The molecule has 0 amide bonds. The number of rotatable bonds is 4. The predicted octanol–water partition coefficient (Wildman–Crippen LogP) is 3.58. The van der Waals surface area contributed by atoms with Gasteiger partial charge in [-0.3, -0.25) is 0 Å². The zero-order chi connectivity index (χ0) is 10.6. The SMILES string of the molecule is CC(C)=CCCC(C)c1cnc(N)s1. The van der Waals surface area contributed by atoms with Gasteiger partial charge in [-0.2, -0.15) is 0 Å². The Labute approximate surface area is 89.9 Å². The van der Waals surface area contributed by atoms with Gasteiger partial charge in [-0.15, -0.1) is 11.3 Å². The summed E-state index contributed by atoms with van der Waals surface area (Å²) >= 11 is 1.60. The van der Waals surface area contributed by atoms with Crippen molar-refractivity contribution in [2.75, 3.05) is 5.73 Å². The second-order valence-electron chi connectivity index (χ2n) is 3.86. The van der Waals surface area contributed by atoms with E-state index in [0.717, 1.165) is 6.42 Å². The van der Waals surface area contributed by atoms with Crippen molar-refractivity contribution >= 4 is 16.5 Å². The molecule has 2 nitrogen and oxygen atoms in total. The van der Waals surface area contributed by atoms with Gasteiger partial charge < -0.3 is 5.73 Å². The van der Waals surface area contributed by atoms with Crippen LogP contribution in [0.4, 0.5) is 5.13 Å². The van der Waals surface area contributed by atoms with Crippen LogP contribution in [0.3, 0.4) is 0 Å². The van der Waals surface area contributed by atoms with E-state index in [2.05, 4.69) is 31.8 Å². The van der Waals surface area contributed by atoms with E-state index in [0.29, 0.717) is 11.0 Å². The van der Waals surface area contributed by atoms with Gasteiger partial charge in [0.2, 0.25) is 0 Å². The van der Waals surface area contributed by atoms with Crippen LogP contribution in [0.25, 0.3) is 0 Å². The smallest absolute Gasteiger partial charge is 0.180 e. The normalized spacial score (nSPS) is 12.5. The minimum absolute atomic E-state index is 0.570. The standard InChI is InChI=1S/C11H18N2S/c1-8(2)5-4-6-9(3)10-7-13-11(12)14-10/h5,7,9H,4,6H2,1-3H3,(H2,12,13). The molecule has 0 radical (unpaired) electrons. The van der Waals surface area contributed by atoms with Crippen LogP contribution in [0.1, 0.15) is 44.4 Å². The molecule has 0 aliphatic heterocycles. The summed E-state index contributed by atoms with van der Waals surface area (Å²) in [5.41, 5.74) is 6.98. The number of thiazole rings is 1. The molecule has 14 heavy (non-hydrogen) atoms. The summed E-state index contributed by atoms with van der Waals surface area (Å²) in [5, 5.41) is 0.675. The van der Waals surface area contributed by atoms with Crippen molar-refractivity contribution in [3.8, 4) is 0 Å². The third-order valence-corrected chi connectivity index (χ3v) is 3.24. The van der Waals surface area contributed by atoms with Crippen LogP contribution in [0.15, 0.2) is 17.8 Å². The van der Waals surface area contributed by atoms with Gasteiger partial charge in [-0.05, 0) is 32.6 Å². The van der Waals surface area contributed by atoms with Crippen molar-refractivity contribution in [1.29, 1.82) is 0 Å². The lowest BCUT2D eigenvalue weighted by atomic mass is 10.0. The summed E-state index contributed by atoms with van der Waals surface area (Å²) < 4.78 is 0. The van der Waals surface area contributed by atoms with E-state index in [9.17, 15) is 0 Å². The second-order valence-corrected chi connectivity index (χ2v) is 4.95. The highest BCUT2D eigenvalue weighted by atomic mass is 32.1. The monoisotopic (exact) mass is 210 g/mol. The highest BCUT2D eigenvalue weighted by molar-refractivity contribution is 7.15. The van der Waals surface area contributed by atoms with Gasteiger partial charge in [0.15, 0.2) is 5.13 Å². The molecule has 1 unspecified atom stereocenters. The first-order valence-electron chi connectivity index (χ1n) is 4.94. The summed E-state index contributed by atoms with van der Waals surface area (Å²) in [7, 11) is 0. The van der Waals surface area contributed by atoms with E-state index in [1.165, 1.54) is 16.9 Å². The van der Waals surface area contributed by atoms with Crippen molar-refractivity contribution in [3.63, 3.8) is 0 Å². The minimum atomic E-state index is 0.570. The first kappa shape index (κ1) is 11.2. The summed E-state index contributed by atoms with van der Waals surface area (Å²) in [6.07, 6.45) is 6.49. The van der Waals surface area contributed by atoms with Crippen molar-refractivity contribution in [1.82, 2.24) is 4.98 Å². The maximum atomic E-state index is 5.59. The average molecular weight is 210 g/mol. The number of allylic oxidation sites excluding steroid dienone is 2. The average Bonchev–Trinajstić information content (AvgIpc) is 2.51. The maximum Gasteiger partial charge on any atom is 0.180 e. The van der Waals surface area contributed by atoms with Crippen LogP contribution in [0.2, 0.25) is 0 Å². The lowest BCUT2D eigenvalue weighted by Crippen LogP contribution is -1.88. The molecule has 0 bridgehead atoms. The molecule has 0 aliphatic rings. The fourth-order valence-electron chi connectivity index (χ4n) is 1.29. The van der Waals surface area contributed by atoms with Crippen LogP contribution in [-0.2, 0) is 0 Å². The molecule has 2 N–H and O–H groups in total. The van der Waals surface area contributed by atoms with Gasteiger partial charge >= 0.3 is 0 Å². The van der Waals surface area contributed by atoms with Gasteiger partial charge in [0, 0.05) is 11.1 Å². The molecule has 1 aromatic rings. The minimum Gasteiger partial charge on any atom is -0.375 e. The van der Waals surface area contributed by atoms with Crippen LogP contribution in [-0.4, -0.2) is 4.98 Å². The lowest BCUT2D eigenvalue weighted by Gasteiger charge is -2.05. The van der Waals surface area contributed by atoms with E-state index in [4.69, 9.17) is 5.73 Å². The molecule has 0 aliphatic carbocycles. The van der Waals surface area contributed by atoms with E-state index in [-0.39, 0.29) is 0 Å². The predicted molar refractivity (Wildman–Crippen MR) is 63.6 cm³/mol. The van der Waals surface area contributed by atoms with Gasteiger partial charge in [-0.1, -0.05) is 18.6 Å². The quantitative estimate of drug-likeness (QED) is 0.771. The molecule has 0 spiro atoms. The zero-order valence-electron chi connectivity index (χ0n) is 9.08. The number of nitrogens with zero attached hydrogens (tertiary/aromatic N) is 1. The van der Waals surface area contributed by atoms with Crippen molar-refractivity contribution < 1.29 is 0 Å². The van der Waals surface area contributed by atoms with Crippen LogP contribution in [0.5, 0.6) is 0 Å². The maximum absolute atomic E-state index is 5.59. The van der Waals surface area contributed by atoms with E-state index < -0.39 is 0 Å². The summed E-state index contributed by atoms with van der Waals surface area (Å²) in [6, 6.07) is 0. The largest absolute Gasteiger partial charge is 0.375 e. The summed E-state index contributed by atoms with van der Waals surface area (Å²) in [4.78, 5) is 5.36. The first-order valence-corrected chi connectivity index (χ1v) is 5.76. The van der Waals surface area contributed by atoms with Gasteiger partial charge in [0.05, 0.1) is 0 Å².